The fourth-order valence-corrected chi connectivity index (χ4v) is 3.23. The minimum Gasteiger partial charge on any atom is -0.487 e. The Hall–Kier alpha value is -3.19. The van der Waals surface area contributed by atoms with Crippen molar-refractivity contribution in [1.29, 1.82) is 0 Å². The molecule has 3 aromatic rings. The summed E-state index contributed by atoms with van der Waals surface area (Å²) < 4.78 is 19.2. The number of oxime groups is 1. The molecule has 3 heterocycles. The Balaban J connectivity index is 1.33. The predicted molar refractivity (Wildman–Crippen MR) is 108 cm³/mol. The van der Waals surface area contributed by atoms with Gasteiger partial charge in [-0.25, -0.2) is 9.37 Å². The fourth-order valence-electron chi connectivity index (χ4n) is 3.05. The molecule has 29 heavy (non-hydrogen) atoms. The first-order valence-electron chi connectivity index (χ1n) is 9.01. The van der Waals surface area contributed by atoms with Crippen LogP contribution in [-0.4, -0.2) is 15.7 Å². The number of nitrogen functional groups attached to an aromatic ring is 1. The lowest BCUT2D eigenvalue weighted by Gasteiger charge is -2.10. The zero-order valence-electron chi connectivity index (χ0n) is 15.4. The van der Waals surface area contributed by atoms with Gasteiger partial charge in [0.2, 0.25) is 0 Å². The first kappa shape index (κ1) is 19.1. The van der Waals surface area contributed by atoms with Gasteiger partial charge in [-0.3, -0.25) is 4.98 Å². The summed E-state index contributed by atoms with van der Waals surface area (Å²) in [6.07, 6.45) is 3.47. The van der Waals surface area contributed by atoms with Crippen LogP contribution in [0.25, 0.3) is 0 Å². The third-order valence-corrected chi connectivity index (χ3v) is 4.73. The molecule has 1 aliphatic heterocycles. The van der Waals surface area contributed by atoms with Crippen LogP contribution in [-0.2, 0) is 17.9 Å². The summed E-state index contributed by atoms with van der Waals surface area (Å²) in [5.41, 5.74) is 9.02. The summed E-state index contributed by atoms with van der Waals surface area (Å²) in [6.45, 7) is 0.339. The molecule has 8 heteroatoms. The maximum atomic E-state index is 13.4. The van der Waals surface area contributed by atoms with Crippen molar-refractivity contribution in [2.75, 3.05) is 5.73 Å². The molecule has 0 aliphatic carbocycles. The Kier molecular flexibility index (Phi) is 5.57. The number of halogens is 2. The first-order chi connectivity index (χ1) is 14.1. The third kappa shape index (κ3) is 4.81. The van der Waals surface area contributed by atoms with Gasteiger partial charge >= 0.3 is 0 Å². The van der Waals surface area contributed by atoms with E-state index in [1.165, 1.54) is 6.07 Å². The summed E-state index contributed by atoms with van der Waals surface area (Å²) in [4.78, 5) is 13.5. The Labute approximate surface area is 172 Å². The van der Waals surface area contributed by atoms with Crippen molar-refractivity contribution in [1.82, 2.24) is 9.97 Å². The molecule has 1 unspecified atom stereocenters. The predicted octanol–water partition coefficient (Wildman–Crippen LogP) is 4.49. The SMILES string of the molecule is Nc1ncc(F)cc1C1CC(Cc2ccc(OCc3cc(Cl)ccn3)cc2)=NO1. The smallest absolute Gasteiger partial charge is 0.161 e. The van der Waals surface area contributed by atoms with Crippen molar-refractivity contribution in [3.63, 3.8) is 0 Å². The van der Waals surface area contributed by atoms with Crippen LogP contribution in [0.5, 0.6) is 5.75 Å². The van der Waals surface area contributed by atoms with Gasteiger partial charge in [0, 0.05) is 29.6 Å². The van der Waals surface area contributed by atoms with E-state index in [0.29, 0.717) is 30.0 Å². The lowest BCUT2D eigenvalue weighted by atomic mass is 10.0. The van der Waals surface area contributed by atoms with Crippen LogP contribution in [0.1, 0.15) is 29.3 Å². The van der Waals surface area contributed by atoms with Gasteiger partial charge in [-0.1, -0.05) is 28.9 Å². The average molecular weight is 413 g/mol. The van der Waals surface area contributed by atoms with Gasteiger partial charge in [-0.05, 0) is 35.9 Å². The van der Waals surface area contributed by atoms with Crippen molar-refractivity contribution in [3.05, 3.63) is 82.5 Å². The van der Waals surface area contributed by atoms with Gasteiger partial charge in [-0.2, -0.15) is 0 Å². The van der Waals surface area contributed by atoms with Crippen LogP contribution >= 0.6 is 11.6 Å². The van der Waals surface area contributed by atoms with Gasteiger partial charge in [0.1, 0.15) is 24.0 Å². The molecule has 0 amide bonds. The van der Waals surface area contributed by atoms with E-state index in [1.807, 2.05) is 24.3 Å². The zero-order valence-corrected chi connectivity index (χ0v) is 16.1. The highest BCUT2D eigenvalue weighted by atomic mass is 35.5. The molecule has 0 radical (unpaired) electrons. The summed E-state index contributed by atoms with van der Waals surface area (Å²) >= 11 is 5.95. The minimum absolute atomic E-state index is 0.253. The van der Waals surface area contributed by atoms with E-state index in [4.69, 9.17) is 26.9 Å². The highest BCUT2D eigenvalue weighted by Gasteiger charge is 2.25. The Morgan fingerprint density at radius 2 is 2.00 bits per heavy atom. The second-order valence-corrected chi connectivity index (χ2v) is 7.09. The molecule has 1 aliphatic rings. The largest absolute Gasteiger partial charge is 0.487 e. The van der Waals surface area contributed by atoms with Crippen molar-refractivity contribution in [2.24, 2.45) is 5.16 Å². The molecule has 0 fully saturated rings. The number of pyridine rings is 2. The topological polar surface area (TPSA) is 82.6 Å². The van der Waals surface area contributed by atoms with Crippen LogP contribution < -0.4 is 10.5 Å². The quantitative estimate of drug-likeness (QED) is 0.645. The van der Waals surface area contributed by atoms with E-state index in [9.17, 15) is 4.39 Å². The second kappa shape index (κ2) is 8.45. The number of aromatic nitrogens is 2. The van der Waals surface area contributed by atoms with E-state index in [2.05, 4.69) is 15.1 Å². The maximum absolute atomic E-state index is 13.4. The van der Waals surface area contributed by atoms with Crippen LogP contribution in [0.4, 0.5) is 10.2 Å². The Morgan fingerprint density at radius 1 is 1.17 bits per heavy atom. The number of nitrogens with zero attached hydrogens (tertiary/aromatic N) is 3. The van der Waals surface area contributed by atoms with E-state index < -0.39 is 11.9 Å². The molecular weight excluding hydrogens is 395 g/mol. The molecule has 0 spiro atoms. The van der Waals surface area contributed by atoms with Crippen molar-refractivity contribution >= 4 is 23.1 Å². The van der Waals surface area contributed by atoms with E-state index >= 15 is 0 Å². The van der Waals surface area contributed by atoms with Crippen molar-refractivity contribution < 1.29 is 14.0 Å². The molecule has 6 nitrogen and oxygen atoms in total. The molecule has 2 aromatic heterocycles. The van der Waals surface area contributed by atoms with Gasteiger partial charge < -0.3 is 15.3 Å². The summed E-state index contributed by atoms with van der Waals surface area (Å²) in [5.74, 6) is 0.537. The van der Waals surface area contributed by atoms with Crippen LogP contribution in [0.2, 0.25) is 5.02 Å². The number of ether oxygens (including phenoxy) is 1. The first-order valence-corrected chi connectivity index (χ1v) is 9.39. The molecule has 148 valence electrons. The van der Waals surface area contributed by atoms with E-state index in [1.54, 1.807) is 18.3 Å². The normalized spacial score (nSPS) is 15.7. The molecule has 0 saturated carbocycles. The molecule has 2 N–H and O–H groups in total. The van der Waals surface area contributed by atoms with Crippen molar-refractivity contribution in [3.8, 4) is 5.75 Å². The summed E-state index contributed by atoms with van der Waals surface area (Å²) in [7, 11) is 0. The number of hydrogen-bond donors (Lipinski definition) is 1. The number of hydrogen-bond acceptors (Lipinski definition) is 6. The van der Waals surface area contributed by atoms with Gasteiger partial charge in [0.25, 0.3) is 0 Å². The molecule has 1 aromatic carbocycles. The van der Waals surface area contributed by atoms with Gasteiger partial charge in [0.05, 0.1) is 17.6 Å². The summed E-state index contributed by atoms with van der Waals surface area (Å²) in [5, 5.41) is 4.75. The lowest BCUT2D eigenvalue weighted by Crippen LogP contribution is -2.07. The highest BCUT2D eigenvalue weighted by Crippen LogP contribution is 2.31. The monoisotopic (exact) mass is 412 g/mol. The Bertz CT molecular complexity index is 1040. The van der Waals surface area contributed by atoms with Gasteiger partial charge in [-0.15, -0.1) is 0 Å². The lowest BCUT2D eigenvalue weighted by molar-refractivity contribution is 0.0858. The zero-order chi connectivity index (χ0) is 20.2. The number of benzene rings is 1. The molecule has 0 saturated heterocycles. The third-order valence-electron chi connectivity index (χ3n) is 4.49. The van der Waals surface area contributed by atoms with Crippen LogP contribution in [0.15, 0.2) is 60.0 Å². The average Bonchev–Trinajstić information content (AvgIpc) is 3.18. The number of nitrogens with two attached hydrogens (primary N) is 1. The molecular formula is C21H18ClFN4O2. The van der Waals surface area contributed by atoms with E-state index in [0.717, 1.165) is 28.9 Å². The van der Waals surface area contributed by atoms with Crippen molar-refractivity contribution in [2.45, 2.75) is 25.6 Å². The van der Waals surface area contributed by atoms with Crippen LogP contribution in [0.3, 0.4) is 0 Å². The Morgan fingerprint density at radius 3 is 2.79 bits per heavy atom. The minimum atomic E-state index is -0.449. The number of anilines is 1. The second-order valence-electron chi connectivity index (χ2n) is 6.66. The standard InChI is InChI=1S/C21H18ClFN4O2/c22-14-5-6-25-17(8-14)12-28-18-3-1-13(2-4-18)7-16-10-20(29-27-16)19-9-15(23)11-26-21(19)24/h1-6,8-9,11,20H,7,10,12H2,(H2,24,26). The highest BCUT2D eigenvalue weighted by molar-refractivity contribution is 6.30. The number of rotatable bonds is 6. The maximum Gasteiger partial charge on any atom is 0.161 e. The van der Waals surface area contributed by atoms with Crippen LogP contribution in [0, 0.1) is 5.82 Å². The fraction of sp³-hybridized carbons (Fsp3) is 0.190. The molecule has 0 bridgehead atoms. The molecule has 1 atom stereocenters. The summed E-state index contributed by atoms with van der Waals surface area (Å²) in [6, 6.07) is 12.5. The van der Waals surface area contributed by atoms with E-state index in [-0.39, 0.29) is 5.82 Å². The van der Waals surface area contributed by atoms with Gasteiger partial charge in [0.15, 0.2) is 6.10 Å². The molecule has 4 rings (SSSR count).